The van der Waals surface area contributed by atoms with Crippen molar-refractivity contribution in [3.8, 4) is 11.5 Å². The third-order valence-corrected chi connectivity index (χ3v) is 5.79. The highest BCUT2D eigenvalue weighted by molar-refractivity contribution is 5.87. The highest BCUT2D eigenvalue weighted by Gasteiger charge is 2.28. The zero-order valence-corrected chi connectivity index (χ0v) is 22.0. The van der Waals surface area contributed by atoms with Gasteiger partial charge in [0.1, 0.15) is 6.04 Å². The number of carbonyl (C=O) groups excluding carboxylic acids is 2. The smallest absolute Gasteiger partial charge is 0.242 e. The lowest BCUT2D eigenvalue weighted by Crippen LogP contribution is -2.50. The fourth-order valence-electron chi connectivity index (χ4n) is 3.96. The molecule has 2 amide bonds. The van der Waals surface area contributed by atoms with Crippen LogP contribution in [0.15, 0.2) is 48.5 Å². The maximum Gasteiger partial charge on any atom is 0.242 e. The average Bonchev–Trinajstić information content (AvgIpc) is 2.85. The van der Waals surface area contributed by atoms with E-state index < -0.39 is 6.04 Å². The topological polar surface area (TPSA) is 67.9 Å². The first kappa shape index (κ1) is 28.2. The maximum atomic E-state index is 13.5. The van der Waals surface area contributed by atoms with Crippen LogP contribution in [0.3, 0.4) is 0 Å². The Hall–Kier alpha value is -3.02. The fourth-order valence-corrected chi connectivity index (χ4v) is 3.96. The number of amides is 2. The second-order valence-electron chi connectivity index (χ2n) is 9.03. The van der Waals surface area contributed by atoms with Crippen LogP contribution in [0.25, 0.3) is 0 Å². The quantitative estimate of drug-likeness (QED) is 0.386. The Morgan fingerprint density at radius 3 is 2.20 bits per heavy atom. The molecule has 0 spiro atoms. The summed E-state index contributed by atoms with van der Waals surface area (Å²) in [5.41, 5.74) is 2.15. The summed E-state index contributed by atoms with van der Waals surface area (Å²) in [6.07, 6.45) is 2.17. The van der Waals surface area contributed by atoms with Gasteiger partial charge in [-0.15, -0.1) is 0 Å². The molecule has 2 aromatic carbocycles. The minimum Gasteiger partial charge on any atom is -0.490 e. The van der Waals surface area contributed by atoms with Crippen molar-refractivity contribution in [2.45, 2.75) is 66.3 Å². The standard InChI is InChI=1S/C29H42N2O4/c1-6-25(29(33)30-21-22(4)5)31(19-18-23-12-10-9-11-13-23)28(32)17-15-24-14-16-26(34-7-2)27(20-24)35-8-3/h9-14,16,20,22,25H,6-8,15,17-19,21H2,1-5H3,(H,30,33)/t25-/m0/s1. The summed E-state index contributed by atoms with van der Waals surface area (Å²) in [5.74, 6) is 1.66. The molecule has 35 heavy (non-hydrogen) atoms. The van der Waals surface area contributed by atoms with Crippen molar-refractivity contribution in [3.63, 3.8) is 0 Å². The zero-order chi connectivity index (χ0) is 25.6. The summed E-state index contributed by atoms with van der Waals surface area (Å²) < 4.78 is 11.4. The molecule has 6 nitrogen and oxygen atoms in total. The van der Waals surface area contributed by atoms with Gasteiger partial charge in [0.05, 0.1) is 13.2 Å². The van der Waals surface area contributed by atoms with Crippen LogP contribution in [0.4, 0.5) is 0 Å². The second-order valence-corrected chi connectivity index (χ2v) is 9.03. The highest BCUT2D eigenvalue weighted by Crippen LogP contribution is 2.29. The molecule has 1 atom stereocenters. The summed E-state index contributed by atoms with van der Waals surface area (Å²) in [6.45, 7) is 12.2. The van der Waals surface area contributed by atoms with E-state index in [1.54, 1.807) is 4.90 Å². The number of carbonyl (C=O) groups is 2. The molecule has 6 heteroatoms. The van der Waals surface area contributed by atoms with Gasteiger partial charge < -0.3 is 19.7 Å². The molecule has 192 valence electrons. The number of rotatable bonds is 15. The molecule has 0 saturated carbocycles. The molecule has 0 fully saturated rings. The maximum absolute atomic E-state index is 13.5. The van der Waals surface area contributed by atoms with Crippen molar-refractivity contribution in [2.24, 2.45) is 5.92 Å². The predicted octanol–water partition coefficient (Wildman–Crippen LogP) is 5.04. The van der Waals surface area contributed by atoms with Gasteiger partial charge in [0.2, 0.25) is 11.8 Å². The van der Waals surface area contributed by atoms with E-state index >= 15 is 0 Å². The van der Waals surface area contributed by atoms with Gasteiger partial charge in [-0.3, -0.25) is 9.59 Å². The van der Waals surface area contributed by atoms with Crippen LogP contribution in [-0.4, -0.2) is 49.1 Å². The van der Waals surface area contributed by atoms with Crippen LogP contribution >= 0.6 is 0 Å². The van der Waals surface area contributed by atoms with Gasteiger partial charge in [-0.25, -0.2) is 0 Å². The molecule has 0 aliphatic heterocycles. The van der Waals surface area contributed by atoms with E-state index in [1.165, 1.54) is 0 Å². The van der Waals surface area contributed by atoms with Gasteiger partial charge in [0, 0.05) is 19.5 Å². The van der Waals surface area contributed by atoms with Crippen LogP contribution in [-0.2, 0) is 22.4 Å². The van der Waals surface area contributed by atoms with E-state index in [2.05, 4.69) is 31.3 Å². The number of hydrogen-bond acceptors (Lipinski definition) is 4. The summed E-state index contributed by atoms with van der Waals surface area (Å²) in [5, 5.41) is 3.02. The molecule has 2 rings (SSSR count). The first-order chi connectivity index (χ1) is 16.9. The van der Waals surface area contributed by atoms with E-state index in [0.29, 0.717) is 69.4 Å². The van der Waals surface area contributed by atoms with Crippen LogP contribution < -0.4 is 14.8 Å². The lowest BCUT2D eigenvalue weighted by atomic mass is 10.1. The molecule has 0 heterocycles. The van der Waals surface area contributed by atoms with Gasteiger partial charge in [-0.2, -0.15) is 0 Å². The molecule has 0 bridgehead atoms. The summed E-state index contributed by atoms with van der Waals surface area (Å²) >= 11 is 0. The second kappa shape index (κ2) is 15.1. The molecule has 1 N–H and O–H groups in total. The Morgan fingerprint density at radius 1 is 0.886 bits per heavy atom. The molecule has 0 radical (unpaired) electrons. The Bertz CT molecular complexity index is 914. The van der Waals surface area contributed by atoms with Gasteiger partial charge >= 0.3 is 0 Å². The van der Waals surface area contributed by atoms with Gasteiger partial charge in [0.25, 0.3) is 0 Å². The van der Waals surface area contributed by atoms with Crippen LogP contribution in [0.5, 0.6) is 11.5 Å². The molecule has 0 aliphatic rings. The van der Waals surface area contributed by atoms with Gasteiger partial charge in [-0.1, -0.05) is 57.2 Å². The van der Waals surface area contributed by atoms with E-state index in [1.807, 2.05) is 57.2 Å². The minimum absolute atomic E-state index is 0.0145. The van der Waals surface area contributed by atoms with E-state index in [0.717, 1.165) is 11.1 Å². The number of aryl methyl sites for hydroxylation is 1. The largest absolute Gasteiger partial charge is 0.490 e. The number of hydrogen-bond donors (Lipinski definition) is 1. The Morgan fingerprint density at radius 2 is 1.57 bits per heavy atom. The molecule has 0 unspecified atom stereocenters. The molecular weight excluding hydrogens is 440 g/mol. The fraction of sp³-hybridized carbons (Fsp3) is 0.517. The number of benzene rings is 2. The monoisotopic (exact) mass is 482 g/mol. The Kier molecular flexibility index (Phi) is 12.2. The first-order valence-electron chi connectivity index (χ1n) is 12.9. The highest BCUT2D eigenvalue weighted by atomic mass is 16.5. The first-order valence-corrected chi connectivity index (χ1v) is 12.9. The lowest BCUT2D eigenvalue weighted by molar-refractivity contribution is -0.140. The van der Waals surface area contributed by atoms with Gasteiger partial charge in [0.15, 0.2) is 11.5 Å². The van der Waals surface area contributed by atoms with E-state index in [-0.39, 0.29) is 11.8 Å². The third-order valence-electron chi connectivity index (χ3n) is 5.79. The number of ether oxygens (including phenoxy) is 2. The number of nitrogens with zero attached hydrogens (tertiary/aromatic N) is 1. The Balaban J connectivity index is 2.15. The summed E-state index contributed by atoms with van der Waals surface area (Å²) in [4.78, 5) is 28.2. The minimum atomic E-state index is -0.482. The molecule has 0 saturated heterocycles. The number of nitrogens with one attached hydrogen (secondary N) is 1. The Labute approximate surface area is 211 Å². The van der Waals surface area contributed by atoms with Crippen molar-refractivity contribution in [3.05, 3.63) is 59.7 Å². The lowest BCUT2D eigenvalue weighted by Gasteiger charge is -2.31. The SMILES string of the molecule is CCOc1ccc(CCC(=O)N(CCc2ccccc2)[C@@H](CC)C(=O)NCC(C)C)cc1OCC. The average molecular weight is 483 g/mol. The summed E-state index contributed by atoms with van der Waals surface area (Å²) in [7, 11) is 0. The van der Waals surface area contributed by atoms with E-state index in [4.69, 9.17) is 9.47 Å². The normalized spacial score (nSPS) is 11.7. The van der Waals surface area contributed by atoms with Gasteiger partial charge in [-0.05, 0) is 62.3 Å². The van der Waals surface area contributed by atoms with Crippen molar-refractivity contribution in [2.75, 3.05) is 26.3 Å². The van der Waals surface area contributed by atoms with Crippen molar-refractivity contribution >= 4 is 11.8 Å². The van der Waals surface area contributed by atoms with E-state index in [9.17, 15) is 9.59 Å². The molecule has 2 aromatic rings. The zero-order valence-electron chi connectivity index (χ0n) is 22.0. The van der Waals surface area contributed by atoms with Crippen LogP contribution in [0, 0.1) is 5.92 Å². The summed E-state index contributed by atoms with van der Waals surface area (Å²) in [6, 6.07) is 15.4. The molecular formula is C29H42N2O4. The van der Waals surface area contributed by atoms with Crippen LogP contribution in [0.1, 0.15) is 58.6 Å². The van der Waals surface area contributed by atoms with Crippen molar-refractivity contribution in [1.29, 1.82) is 0 Å². The van der Waals surface area contributed by atoms with Crippen LogP contribution in [0.2, 0.25) is 0 Å². The van der Waals surface area contributed by atoms with Crippen molar-refractivity contribution in [1.82, 2.24) is 10.2 Å². The molecule has 0 aliphatic carbocycles. The third kappa shape index (κ3) is 9.27. The van der Waals surface area contributed by atoms with Crippen molar-refractivity contribution < 1.29 is 19.1 Å². The molecule has 0 aromatic heterocycles. The predicted molar refractivity (Wildman–Crippen MR) is 141 cm³/mol.